The highest BCUT2D eigenvalue weighted by atomic mass is 15.2. The van der Waals surface area contributed by atoms with Crippen molar-refractivity contribution < 1.29 is 0 Å². The van der Waals surface area contributed by atoms with Crippen LogP contribution in [0.4, 0.5) is 0 Å². The van der Waals surface area contributed by atoms with E-state index in [-0.39, 0.29) is 6.17 Å². The third-order valence-corrected chi connectivity index (χ3v) is 5.54. The summed E-state index contributed by atoms with van der Waals surface area (Å²) < 4.78 is 0. The van der Waals surface area contributed by atoms with E-state index in [1.165, 1.54) is 11.1 Å². The lowest BCUT2D eigenvalue weighted by molar-refractivity contribution is 0.600. The van der Waals surface area contributed by atoms with E-state index < -0.39 is 0 Å². The summed E-state index contributed by atoms with van der Waals surface area (Å²) in [7, 11) is 0. The molecule has 5 rings (SSSR count). The Labute approximate surface area is 176 Å². The van der Waals surface area contributed by atoms with Crippen molar-refractivity contribution in [3.63, 3.8) is 0 Å². The van der Waals surface area contributed by atoms with E-state index in [0.717, 1.165) is 39.7 Å². The number of nitrogens with zero attached hydrogens (tertiary/aromatic N) is 1. The number of aryl methyl sites for hydroxylation is 1. The molecule has 0 saturated heterocycles. The maximum Gasteiger partial charge on any atom is 0.138 e. The molecule has 1 aliphatic rings. The van der Waals surface area contributed by atoms with Crippen molar-refractivity contribution in [1.82, 2.24) is 20.6 Å². The quantitative estimate of drug-likeness (QED) is 0.422. The Morgan fingerprint density at radius 1 is 0.667 bits per heavy atom. The zero-order valence-electron chi connectivity index (χ0n) is 17.1. The van der Waals surface area contributed by atoms with Crippen LogP contribution in [-0.2, 0) is 0 Å². The Kier molecular flexibility index (Phi) is 4.60. The van der Waals surface area contributed by atoms with Gasteiger partial charge in [0, 0.05) is 22.5 Å². The van der Waals surface area contributed by atoms with Crippen molar-refractivity contribution in [2.75, 3.05) is 0 Å². The van der Waals surface area contributed by atoms with Gasteiger partial charge in [-0.05, 0) is 25.0 Å². The maximum atomic E-state index is 4.85. The summed E-state index contributed by atoms with van der Waals surface area (Å²) in [5, 5.41) is 7.17. The van der Waals surface area contributed by atoms with Gasteiger partial charge >= 0.3 is 0 Å². The number of imidazole rings is 1. The molecule has 4 heteroatoms. The van der Waals surface area contributed by atoms with Crippen molar-refractivity contribution in [2.45, 2.75) is 20.0 Å². The molecule has 0 bridgehead atoms. The Morgan fingerprint density at radius 2 is 1.30 bits per heavy atom. The van der Waals surface area contributed by atoms with Gasteiger partial charge in [0.25, 0.3) is 0 Å². The van der Waals surface area contributed by atoms with Gasteiger partial charge in [-0.3, -0.25) is 0 Å². The summed E-state index contributed by atoms with van der Waals surface area (Å²) in [6.45, 7) is 4.18. The SMILES string of the molecule is CC1=C(c2ccccc2)NC(c2ccc(-c3nc(-c4ccccc4)c(C)[nH]3)cc2)N1. The highest BCUT2D eigenvalue weighted by Crippen LogP contribution is 2.29. The smallest absolute Gasteiger partial charge is 0.138 e. The van der Waals surface area contributed by atoms with Crippen LogP contribution in [0.15, 0.2) is 90.6 Å². The molecule has 0 radical (unpaired) electrons. The molecule has 2 heterocycles. The van der Waals surface area contributed by atoms with Gasteiger partial charge in [0.1, 0.15) is 12.0 Å². The Balaban J connectivity index is 1.36. The highest BCUT2D eigenvalue weighted by Gasteiger charge is 2.22. The molecule has 0 aliphatic carbocycles. The molecular weight excluding hydrogens is 368 g/mol. The van der Waals surface area contributed by atoms with E-state index in [2.05, 4.69) is 90.1 Å². The van der Waals surface area contributed by atoms with Gasteiger partial charge in [0.2, 0.25) is 0 Å². The molecule has 1 unspecified atom stereocenters. The summed E-state index contributed by atoms with van der Waals surface area (Å²) >= 11 is 0. The minimum Gasteiger partial charge on any atom is -0.364 e. The number of aromatic amines is 1. The standard InChI is InChI=1S/C26H24N4/c1-17-23(19-9-5-3-6-10-19)29-25(27-17)21-13-15-22(16-14-21)26-28-18(2)24(30-26)20-11-7-4-8-12-20/h3-16,25,27,29H,1-2H3,(H,28,30). The normalized spacial score (nSPS) is 15.7. The number of H-pyrrole nitrogens is 1. The van der Waals surface area contributed by atoms with Gasteiger partial charge in [0.05, 0.1) is 11.4 Å². The summed E-state index contributed by atoms with van der Waals surface area (Å²) in [4.78, 5) is 8.28. The summed E-state index contributed by atoms with van der Waals surface area (Å²) in [6, 6.07) is 29.3. The monoisotopic (exact) mass is 392 g/mol. The van der Waals surface area contributed by atoms with Gasteiger partial charge < -0.3 is 15.6 Å². The second-order valence-electron chi connectivity index (χ2n) is 7.63. The molecule has 0 saturated carbocycles. The largest absolute Gasteiger partial charge is 0.364 e. The molecule has 148 valence electrons. The predicted octanol–water partition coefficient (Wildman–Crippen LogP) is 5.63. The number of allylic oxidation sites excluding steroid dienone is 1. The van der Waals surface area contributed by atoms with E-state index >= 15 is 0 Å². The molecule has 3 aromatic carbocycles. The van der Waals surface area contributed by atoms with Crippen molar-refractivity contribution >= 4 is 5.70 Å². The average molecular weight is 393 g/mol. The van der Waals surface area contributed by atoms with Gasteiger partial charge in [-0.1, -0.05) is 84.9 Å². The van der Waals surface area contributed by atoms with E-state index in [4.69, 9.17) is 4.98 Å². The van der Waals surface area contributed by atoms with Crippen LogP contribution in [0, 0.1) is 6.92 Å². The van der Waals surface area contributed by atoms with Crippen LogP contribution in [0.1, 0.15) is 29.9 Å². The van der Waals surface area contributed by atoms with Crippen LogP contribution in [-0.4, -0.2) is 9.97 Å². The molecule has 1 aliphatic heterocycles. The Bertz CT molecular complexity index is 1190. The third-order valence-electron chi connectivity index (χ3n) is 5.54. The molecule has 1 aromatic heterocycles. The Morgan fingerprint density at radius 3 is 1.97 bits per heavy atom. The van der Waals surface area contributed by atoms with Gasteiger partial charge in [-0.2, -0.15) is 0 Å². The fourth-order valence-corrected chi connectivity index (χ4v) is 3.96. The average Bonchev–Trinajstić information content (AvgIpc) is 3.38. The fourth-order valence-electron chi connectivity index (χ4n) is 3.96. The lowest BCUT2D eigenvalue weighted by Crippen LogP contribution is -2.23. The van der Waals surface area contributed by atoms with Crippen LogP contribution < -0.4 is 10.6 Å². The number of aromatic nitrogens is 2. The predicted molar refractivity (Wildman–Crippen MR) is 122 cm³/mol. The molecule has 3 N–H and O–H groups in total. The van der Waals surface area contributed by atoms with Gasteiger partial charge in [0.15, 0.2) is 0 Å². The van der Waals surface area contributed by atoms with Crippen LogP contribution in [0.5, 0.6) is 0 Å². The number of hydrogen-bond acceptors (Lipinski definition) is 3. The lowest BCUT2D eigenvalue weighted by atomic mass is 10.1. The summed E-state index contributed by atoms with van der Waals surface area (Å²) in [5.74, 6) is 0.893. The van der Waals surface area contributed by atoms with Crippen LogP contribution >= 0.6 is 0 Å². The number of benzene rings is 3. The highest BCUT2D eigenvalue weighted by molar-refractivity contribution is 5.70. The number of rotatable bonds is 4. The molecule has 1 atom stereocenters. The zero-order valence-corrected chi connectivity index (χ0v) is 17.1. The van der Waals surface area contributed by atoms with Crippen molar-refractivity contribution in [3.05, 3.63) is 107 Å². The van der Waals surface area contributed by atoms with E-state index in [0.29, 0.717) is 0 Å². The van der Waals surface area contributed by atoms with Crippen LogP contribution in [0.25, 0.3) is 28.3 Å². The molecule has 0 amide bonds. The summed E-state index contributed by atoms with van der Waals surface area (Å²) in [6.07, 6.45) is 0.0625. The van der Waals surface area contributed by atoms with E-state index in [1.54, 1.807) is 0 Å². The van der Waals surface area contributed by atoms with E-state index in [9.17, 15) is 0 Å². The zero-order chi connectivity index (χ0) is 20.5. The van der Waals surface area contributed by atoms with Gasteiger partial charge in [-0.15, -0.1) is 0 Å². The minimum absolute atomic E-state index is 0.0625. The molecule has 4 aromatic rings. The topological polar surface area (TPSA) is 52.7 Å². The third kappa shape index (κ3) is 3.37. The second kappa shape index (κ2) is 7.56. The second-order valence-corrected chi connectivity index (χ2v) is 7.63. The van der Waals surface area contributed by atoms with Gasteiger partial charge in [-0.25, -0.2) is 4.98 Å². The summed E-state index contributed by atoms with van der Waals surface area (Å²) in [5.41, 5.74) is 8.98. The first kappa shape index (κ1) is 18.3. The first-order chi connectivity index (χ1) is 14.7. The van der Waals surface area contributed by atoms with Crippen LogP contribution in [0.2, 0.25) is 0 Å². The maximum absolute atomic E-state index is 4.85. The first-order valence-corrected chi connectivity index (χ1v) is 10.2. The first-order valence-electron chi connectivity index (χ1n) is 10.2. The van der Waals surface area contributed by atoms with Crippen molar-refractivity contribution in [3.8, 4) is 22.6 Å². The number of hydrogen-bond donors (Lipinski definition) is 3. The molecule has 0 spiro atoms. The molecule has 0 fully saturated rings. The molecule has 4 nitrogen and oxygen atoms in total. The van der Waals surface area contributed by atoms with Crippen molar-refractivity contribution in [1.29, 1.82) is 0 Å². The lowest BCUT2D eigenvalue weighted by Gasteiger charge is -2.15. The number of nitrogens with one attached hydrogen (secondary N) is 3. The molecule has 30 heavy (non-hydrogen) atoms. The Hall–Kier alpha value is -3.79. The van der Waals surface area contributed by atoms with Crippen molar-refractivity contribution in [2.24, 2.45) is 0 Å². The minimum atomic E-state index is 0.0625. The fraction of sp³-hybridized carbons (Fsp3) is 0.115. The van der Waals surface area contributed by atoms with E-state index in [1.807, 2.05) is 24.3 Å². The molecular formula is C26H24N4. The van der Waals surface area contributed by atoms with Crippen LogP contribution in [0.3, 0.4) is 0 Å².